The maximum absolute atomic E-state index is 14.2. The van der Waals surface area contributed by atoms with Crippen LogP contribution in [-0.2, 0) is 4.84 Å². The molecule has 0 saturated heterocycles. The van der Waals surface area contributed by atoms with E-state index in [1.807, 2.05) is 0 Å². The SMILES string of the molecule is C=C(c1cc(Cl)cc(Cl)c1)C(F)(F)ON=C(C)c1ccc(F)c(C)c1. The van der Waals surface area contributed by atoms with E-state index >= 15 is 0 Å². The van der Waals surface area contributed by atoms with Crippen LogP contribution >= 0.6 is 23.2 Å². The first-order chi connectivity index (χ1) is 11.6. The zero-order valence-electron chi connectivity index (χ0n) is 13.4. The summed E-state index contributed by atoms with van der Waals surface area (Å²) >= 11 is 11.6. The summed E-state index contributed by atoms with van der Waals surface area (Å²) in [5, 5.41) is 3.84. The van der Waals surface area contributed by atoms with Gasteiger partial charge in [-0.1, -0.05) is 41.0 Å². The maximum atomic E-state index is 14.2. The van der Waals surface area contributed by atoms with Crippen LogP contribution in [0.15, 0.2) is 48.1 Å². The van der Waals surface area contributed by atoms with Gasteiger partial charge in [0.25, 0.3) is 0 Å². The van der Waals surface area contributed by atoms with Crippen molar-refractivity contribution in [3.63, 3.8) is 0 Å². The predicted molar refractivity (Wildman–Crippen MR) is 94.9 cm³/mol. The number of nitrogens with zero attached hydrogens (tertiary/aromatic N) is 1. The molecule has 0 radical (unpaired) electrons. The minimum absolute atomic E-state index is 0.0352. The third kappa shape index (κ3) is 4.77. The highest BCUT2D eigenvalue weighted by atomic mass is 35.5. The first-order valence-corrected chi connectivity index (χ1v) is 7.88. The summed E-state index contributed by atoms with van der Waals surface area (Å²) in [5.41, 5.74) is 0.402. The van der Waals surface area contributed by atoms with E-state index in [9.17, 15) is 13.2 Å². The quantitative estimate of drug-likeness (QED) is 0.424. The van der Waals surface area contributed by atoms with E-state index in [0.29, 0.717) is 11.1 Å². The van der Waals surface area contributed by atoms with Crippen LogP contribution < -0.4 is 0 Å². The van der Waals surface area contributed by atoms with E-state index < -0.39 is 17.5 Å². The van der Waals surface area contributed by atoms with Crippen molar-refractivity contribution in [1.82, 2.24) is 0 Å². The molecule has 0 bridgehead atoms. The lowest BCUT2D eigenvalue weighted by atomic mass is 10.1. The summed E-state index contributed by atoms with van der Waals surface area (Å²) < 4.78 is 41.7. The molecule has 2 rings (SSSR count). The second-order valence-electron chi connectivity index (χ2n) is 5.39. The molecule has 0 aliphatic rings. The van der Waals surface area contributed by atoms with E-state index in [0.717, 1.165) is 0 Å². The number of hydrogen-bond donors (Lipinski definition) is 0. The average molecular weight is 388 g/mol. The summed E-state index contributed by atoms with van der Waals surface area (Å²) in [5.74, 6) is -0.394. The summed E-state index contributed by atoms with van der Waals surface area (Å²) in [6.45, 7) is 6.38. The van der Waals surface area contributed by atoms with Gasteiger partial charge in [0.2, 0.25) is 0 Å². The minimum Gasteiger partial charge on any atom is -0.318 e. The standard InChI is InChI=1S/C18H14Cl2F3NO/c1-10-6-13(4-5-17(10)21)12(3)24-25-18(22,23)11(2)14-7-15(19)9-16(20)8-14/h4-9H,2H2,1,3H3. The van der Waals surface area contributed by atoms with Crippen molar-refractivity contribution in [2.24, 2.45) is 5.16 Å². The van der Waals surface area contributed by atoms with E-state index in [1.54, 1.807) is 6.92 Å². The Bertz CT molecular complexity index is 830. The minimum atomic E-state index is -3.77. The van der Waals surface area contributed by atoms with Crippen LogP contribution in [0.5, 0.6) is 0 Å². The first-order valence-electron chi connectivity index (χ1n) is 7.13. The Morgan fingerprint density at radius 2 is 1.68 bits per heavy atom. The van der Waals surface area contributed by atoms with Crippen molar-refractivity contribution in [3.8, 4) is 0 Å². The van der Waals surface area contributed by atoms with E-state index in [1.165, 1.54) is 43.3 Å². The molecule has 0 aliphatic carbocycles. The van der Waals surface area contributed by atoms with Gasteiger partial charge in [-0.3, -0.25) is 0 Å². The molecular weight excluding hydrogens is 374 g/mol. The molecule has 0 amide bonds. The Morgan fingerprint density at radius 3 is 2.24 bits per heavy atom. The van der Waals surface area contributed by atoms with Crippen molar-refractivity contribution in [2.75, 3.05) is 0 Å². The Morgan fingerprint density at radius 1 is 1.08 bits per heavy atom. The molecule has 0 heterocycles. The fraction of sp³-hybridized carbons (Fsp3) is 0.167. The fourth-order valence-corrected chi connectivity index (χ4v) is 2.53. The fourth-order valence-electron chi connectivity index (χ4n) is 2.00. The largest absolute Gasteiger partial charge is 0.446 e. The highest BCUT2D eigenvalue weighted by Gasteiger charge is 2.37. The predicted octanol–water partition coefficient (Wildman–Crippen LogP) is 6.49. The van der Waals surface area contributed by atoms with Crippen LogP contribution in [-0.4, -0.2) is 11.8 Å². The zero-order chi connectivity index (χ0) is 18.8. The number of oxime groups is 1. The maximum Gasteiger partial charge on any atom is 0.446 e. The van der Waals surface area contributed by atoms with Gasteiger partial charge in [-0.2, -0.15) is 8.78 Å². The highest BCUT2D eigenvalue weighted by molar-refractivity contribution is 6.34. The number of rotatable bonds is 5. The molecule has 2 aromatic carbocycles. The van der Waals surface area contributed by atoms with Gasteiger partial charge in [0.05, 0.1) is 11.3 Å². The Kier molecular flexibility index (Phi) is 5.80. The molecule has 0 unspecified atom stereocenters. The van der Waals surface area contributed by atoms with Crippen LogP contribution in [0.2, 0.25) is 10.0 Å². The topological polar surface area (TPSA) is 21.6 Å². The van der Waals surface area contributed by atoms with Crippen LogP contribution in [0, 0.1) is 12.7 Å². The number of hydrogen-bond acceptors (Lipinski definition) is 2. The summed E-state index contributed by atoms with van der Waals surface area (Å²) in [7, 11) is 0. The van der Waals surface area contributed by atoms with Crippen molar-refractivity contribution >= 4 is 34.5 Å². The molecule has 0 N–H and O–H groups in total. The van der Waals surface area contributed by atoms with Crippen LogP contribution in [0.4, 0.5) is 13.2 Å². The third-order valence-electron chi connectivity index (χ3n) is 3.44. The molecule has 7 heteroatoms. The van der Waals surface area contributed by atoms with Crippen LogP contribution in [0.25, 0.3) is 5.57 Å². The molecular formula is C18H14Cl2F3NO. The van der Waals surface area contributed by atoms with Crippen LogP contribution in [0.3, 0.4) is 0 Å². The van der Waals surface area contributed by atoms with Crippen molar-refractivity contribution in [3.05, 3.63) is 75.5 Å². The van der Waals surface area contributed by atoms with Crippen molar-refractivity contribution < 1.29 is 18.0 Å². The molecule has 2 aromatic rings. The van der Waals surface area contributed by atoms with Gasteiger partial charge in [0.1, 0.15) is 5.82 Å². The number of halogens is 5. The Labute approximate surface area is 153 Å². The number of alkyl halides is 2. The van der Waals surface area contributed by atoms with Gasteiger partial charge in [0.15, 0.2) is 0 Å². The monoisotopic (exact) mass is 387 g/mol. The average Bonchev–Trinajstić information content (AvgIpc) is 2.53. The lowest BCUT2D eigenvalue weighted by Gasteiger charge is -2.17. The normalized spacial score (nSPS) is 12.2. The summed E-state index contributed by atoms with van der Waals surface area (Å²) in [6.07, 6.45) is -3.77. The van der Waals surface area contributed by atoms with E-state index in [4.69, 9.17) is 23.2 Å². The van der Waals surface area contributed by atoms with Crippen molar-refractivity contribution in [2.45, 2.75) is 20.0 Å². The highest BCUT2D eigenvalue weighted by Crippen LogP contribution is 2.35. The molecule has 0 fully saturated rings. The summed E-state index contributed by atoms with van der Waals surface area (Å²) in [6, 6.07) is 8.15. The van der Waals surface area contributed by atoms with E-state index in [2.05, 4.69) is 16.6 Å². The number of aryl methyl sites for hydroxylation is 1. The number of benzene rings is 2. The van der Waals surface area contributed by atoms with Gasteiger partial charge in [-0.15, -0.1) is 0 Å². The van der Waals surface area contributed by atoms with Gasteiger partial charge in [0, 0.05) is 10.0 Å². The molecule has 2 nitrogen and oxygen atoms in total. The van der Waals surface area contributed by atoms with Gasteiger partial charge >= 0.3 is 6.11 Å². The lowest BCUT2D eigenvalue weighted by Crippen LogP contribution is -2.20. The van der Waals surface area contributed by atoms with Gasteiger partial charge in [-0.25, -0.2) is 4.39 Å². The first kappa shape index (κ1) is 19.3. The Balaban J connectivity index is 2.21. The zero-order valence-corrected chi connectivity index (χ0v) is 14.9. The smallest absolute Gasteiger partial charge is 0.318 e. The second kappa shape index (κ2) is 7.50. The molecule has 0 spiro atoms. The van der Waals surface area contributed by atoms with Crippen molar-refractivity contribution in [1.29, 1.82) is 0 Å². The van der Waals surface area contributed by atoms with Gasteiger partial charge in [-0.05, 0) is 60.9 Å². The molecule has 0 aromatic heterocycles. The Hall–Kier alpha value is -1.98. The van der Waals surface area contributed by atoms with Crippen LogP contribution in [0.1, 0.15) is 23.6 Å². The van der Waals surface area contributed by atoms with E-state index in [-0.39, 0.29) is 21.3 Å². The molecule has 25 heavy (non-hydrogen) atoms. The molecule has 0 atom stereocenters. The molecule has 0 aliphatic heterocycles. The lowest BCUT2D eigenvalue weighted by molar-refractivity contribution is -0.191. The molecule has 0 saturated carbocycles. The molecule has 132 valence electrons. The van der Waals surface area contributed by atoms with Gasteiger partial charge < -0.3 is 4.84 Å². The second-order valence-corrected chi connectivity index (χ2v) is 6.26. The summed E-state index contributed by atoms with van der Waals surface area (Å²) in [4.78, 5) is 4.39. The third-order valence-corrected chi connectivity index (χ3v) is 3.87.